The number of hydrogen-bond acceptors (Lipinski definition) is 12. The maximum absolute atomic E-state index is 13.9. The Morgan fingerprint density at radius 3 is 0.854 bits per heavy atom. The topological polar surface area (TPSA) is 253 Å². The van der Waals surface area contributed by atoms with Crippen molar-refractivity contribution in [3.05, 3.63) is 159 Å². The second kappa shape index (κ2) is 28.9. The average molecular weight is 1180 g/mol. The van der Waals surface area contributed by atoms with Crippen molar-refractivity contribution >= 4 is 65.2 Å². The summed E-state index contributed by atoms with van der Waals surface area (Å²) < 4.78 is 108. The van der Waals surface area contributed by atoms with Gasteiger partial charge in [0.25, 0.3) is 30.1 Å². The van der Waals surface area contributed by atoms with Crippen LogP contribution in [0.25, 0.3) is 0 Å². The van der Waals surface area contributed by atoms with E-state index in [0.717, 1.165) is 55.2 Å². The van der Waals surface area contributed by atoms with E-state index in [1.165, 1.54) is 36.4 Å². The number of benzene rings is 6. The van der Waals surface area contributed by atoms with Crippen LogP contribution in [0.3, 0.4) is 0 Å². The zero-order valence-electron chi connectivity index (χ0n) is 48.1. The number of anilines is 3. The summed E-state index contributed by atoms with van der Waals surface area (Å²) in [5, 5.41) is 8.19. The third kappa shape index (κ3) is 17.4. The first-order chi connectivity index (χ1) is 38.9. The van der Waals surface area contributed by atoms with Crippen LogP contribution < -0.4 is 44.3 Å². The lowest BCUT2D eigenvalue weighted by Gasteiger charge is -2.29. The van der Waals surface area contributed by atoms with Gasteiger partial charge >= 0.3 is 18.1 Å². The molecule has 0 unspecified atom stereocenters. The van der Waals surface area contributed by atoms with E-state index in [9.17, 15) is 39.6 Å². The number of aryl methyl sites for hydroxylation is 6. The van der Waals surface area contributed by atoms with Crippen molar-refractivity contribution in [1.82, 2.24) is 14.2 Å². The van der Waals surface area contributed by atoms with E-state index in [0.29, 0.717) is 69.9 Å². The molecule has 0 aliphatic heterocycles. The van der Waals surface area contributed by atoms with Gasteiger partial charge in [-0.1, -0.05) is 112 Å². The monoisotopic (exact) mass is 1180 g/mol. The molecular formula is C61H76N6O12S3. The summed E-state index contributed by atoms with van der Waals surface area (Å²) in [5.41, 5.74) is 5.59. The van der Waals surface area contributed by atoms with Crippen LogP contribution in [0.1, 0.15) is 135 Å². The summed E-state index contributed by atoms with van der Waals surface area (Å²) in [6, 6.07) is 24.7. The molecule has 6 rings (SSSR count). The number of urea groups is 3. The summed E-state index contributed by atoms with van der Waals surface area (Å²) in [6.07, 6.45) is 7.15. The lowest BCUT2D eigenvalue weighted by atomic mass is 9.80. The zero-order valence-corrected chi connectivity index (χ0v) is 50.5. The molecular weight excluding hydrogens is 1100 g/mol. The van der Waals surface area contributed by atoms with E-state index in [4.69, 9.17) is 14.2 Å². The molecule has 0 aliphatic carbocycles. The molecule has 18 nitrogen and oxygen atoms in total. The Morgan fingerprint density at radius 2 is 0.622 bits per heavy atom. The summed E-state index contributed by atoms with van der Waals surface area (Å²) in [4.78, 5) is 41.4. The molecule has 0 heterocycles. The number of carbonyl (C=O) groups is 3. The summed E-state index contributed by atoms with van der Waals surface area (Å²) in [7, 11) is -13.1. The fourth-order valence-corrected chi connectivity index (χ4v) is 11.8. The number of nitrogens with one attached hydrogen (secondary N) is 6. The molecule has 0 radical (unpaired) electrons. The van der Waals surface area contributed by atoms with Gasteiger partial charge in [0.15, 0.2) is 0 Å². The molecule has 440 valence electrons. The first-order valence-electron chi connectivity index (χ1n) is 27.5. The molecule has 6 N–H and O–H groups in total. The van der Waals surface area contributed by atoms with Crippen molar-refractivity contribution < 1.29 is 53.8 Å². The fraction of sp³-hybridized carbons (Fsp3) is 0.361. The molecule has 0 aromatic heterocycles. The molecule has 0 atom stereocenters. The second-order valence-electron chi connectivity index (χ2n) is 20.4. The summed E-state index contributed by atoms with van der Waals surface area (Å²) in [6.45, 7) is 17.7. The number of rotatable bonds is 27. The predicted molar refractivity (Wildman–Crippen MR) is 321 cm³/mol. The van der Waals surface area contributed by atoms with E-state index < -0.39 is 54.1 Å². The minimum atomic E-state index is -4.35. The van der Waals surface area contributed by atoms with Gasteiger partial charge in [-0.2, -0.15) is 0 Å². The number of carbonyl (C=O) groups excluding carboxylic acids is 3. The first kappa shape index (κ1) is 63.6. The van der Waals surface area contributed by atoms with Crippen LogP contribution in [0.2, 0.25) is 0 Å². The number of ether oxygens (including phenoxy) is 3. The Labute approximate surface area is 483 Å². The van der Waals surface area contributed by atoms with Crippen LogP contribution in [0.15, 0.2) is 124 Å². The van der Waals surface area contributed by atoms with E-state index in [1.807, 2.05) is 0 Å². The maximum Gasteiger partial charge on any atom is 0.333 e. The molecule has 21 heteroatoms. The molecule has 0 aliphatic rings. The van der Waals surface area contributed by atoms with Crippen molar-refractivity contribution in [2.45, 2.75) is 141 Å². The predicted octanol–water partition coefficient (Wildman–Crippen LogP) is 13.0. The van der Waals surface area contributed by atoms with Crippen LogP contribution in [0, 0.1) is 41.5 Å². The third-order valence-electron chi connectivity index (χ3n) is 13.3. The Hall–Kier alpha value is -7.62. The van der Waals surface area contributed by atoms with Gasteiger partial charge in [-0.05, 0) is 150 Å². The summed E-state index contributed by atoms with van der Waals surface area (Å²) >= 11 is 0. The molecule has 0 saturated carbocycles. The van der Waals surface area contributed by atoms with Crippen LogP contribution in [-0.4, -0.2) is 63.2 Å². The van der Waals surface area contributed by atoms with Gasteiger partial charge in [0.05, 0.1) is 34.5 Å². The average Bonchev–Trinajstić information content (AvgIpc) is 1.95. The molecule has 6 aromatic carbocycles. The van der Waals surface area contributed by atoms with Gasteiger partial charge in [-0.3, -0.25) is 0 Å². The molecule has 0 fully saturated rings. The highest BCUT2D eigenvalue weighted by molar-refractivity contribution is 7.90. The minimum Gasteiger partial charge on any atom is -0.493 e. The normalized spacial score (nSPS) is 11.6. The van der Waals surface area contributed by atoms with E-state index in [-0.39, 0.29) is 51.6 Å². The van der Waals surface area contributed by atoms with Gasteiger partial charge in [-0.25, -0.2) is 53.8 Å². The third-order valence-corrected chi connectivity index (χ3v) is 17.3. The fourth-order valence-electron chi connectivity index (χ4n) is 9.10. The van der Waals surface area contributed by atoms with Crippen molar-refractivity contribution in [3.63, 3.8) is 0 Å². The van der Waals surface area contributed by atoms with E-state index in [2.05, 4.69) is 50.9 Å². The van der Waals surface area contributed by atoms with Crippen molar-refractivity contribution in [1.29, 1.82) is 0 Å². The minimum absolute atomic E-state index is 0.130. The van der Waals surface area contributed by atoms with Gasteiger partial charge in [-0.15, -0.1) is 0 Å². The quantitative estimate of drug-likeness (QED) is 0.0208. The van der Waals surface area contributed by atoms with E-state index in [1.54, 1.807) is 114 Å². The molecule has 6 amide bonds. The maximum atomic E-state index is 13.9. The highest BCUT2D eigenvalue weighted by Gasteiger charge is 2.33. The van der Waals surface area contributed by atoms with Gasteiger partial charge < -0.3 is 30.2 Å². The molecule has 0 spiro atoms. The highest BCUT2D eigenvalue weighted by Crippen LogP contribution is 2.49. The SMILES string of the molecule is CCCCCOc1c(C)cc(NC(=O)NS(=O)(=O)c2ccc(C)cc2)cc1C(c1cc(NC(=O)NS(=O)(=O)c2ccc(C)cc2)cc(C)c1OCCCCC)c1cc(NC(=O)NS(=O)(=O)c2ccc(C)cc2)cc(C)c1OCCCCC. The molecule has 82 heavy (non-hydrogen) atoms. The van der Waals surface area contributed by atoms with Crippen molar-refractivity contribution in [3.8, 4) is 17.2 Å². The Morgan fingerprint density at radius 1 is 0.378 bits per heavy atom. The van der Waals surface area contributed by atoms with Gasteiger partial charge in [0.2, 0.25) is 0 Å². The smallest absolute Gasteiger partial charge is 0.333 e. The standard InChI is InChI=1S/C61H76N6O12S3/c1-10-13-16-31-77-56-43(7)34-46(62-59(68)65-80(71,72)49-25-19-40(4)20-26-49)37-52(56)55(53-38-47(35-44(8)57(53)78-32-17-14-11-2)63-60(69)66-81(73,74)50-27-21-41(5)22-28-50)54-39-48(36-45(9)58(54)79-33-18-15-12-3)64-61(70)67-82(75,76)51-29-23-42(6)24-30-51/h19-30,34-39,55H,10-18,31-33H2,1-9H3,(H2,62,65,68)(H2,63,66,69)(H2,64,67,70). The number of amides is 6. The Kier molecular flexibility index (Phi) is 22.4. The lowest BCUT2D eigenvalue weighted by molar-refractivity contribution is 0.255. The summed E-state index contributed by atoms with van der Waals surface area (Å²) in [5.74, 6) is -0.0137. The van der Waals surface area contributed by atoms with Crippen LogP contribution in [0.4, 0.5) is 31.4 Å². The van der Waals surface area contributed by atoms with E-state index >= 15 is 0 Å². The lowest BCUT2D eigenvalue weighted by Crippen LogP contribution is -2.34. The number of hydrogen-bond donors (Lipinski definition) is 6. The molecule has 0 bridgehead atoms. The Bertz CT molecular complexity index is 3190. The zero-order chi connectivity index (χ0) is 59.8. The van der Waals surface area contributed by atoms with Crippen LogP contribution in [0.5, 0.6) is 17.2 Å². The van der Waals surface area contributed by atoms with Crippen molar-refractivity contribution in [2.24, 2.45) is 0 Å². The van der Waals surface area contributed by atoms with Gasteiger partial charge in [0.1, 0.15) is 17.2 Å². The second-order valence-corrected chi connectivity index (χ2v) is 25.4. The van der Waals surface area contributed by atoms with Crippen LogP contribution in [-0.2, 0) is 30.1 Å². The first-order valence-corrected chi connectivity index (χ1v) is 31.9. The van der Waals surface area contributed by atoms with Gasteiger partial charge in [0, 0.05) is 39.7 Å². The molecule has 6 aromatic rings. The van der Waals surface area contributed by atoms with Crippen LogP contribution >= 0.6 is 0 Å². The number of sulfonamides is 3. The number of unbranched alkanes of at least 4 members (excludes halogenated alkanes) is 6. The molecule has 0 saturated heterocycles. The van der Waals surface area contributed by atoms with Crippen molar-refractivity contribution in [2.75, 3.05) is 35.8 Å². The largest absolute Gasteiger partial charge is 0.493 e. The highest BCUT2D eigenvalue weighted by atomic mass is 32.2. The Balaban J connectivity index is 1.63.